The van der Waals surface area contributed by atoms with Gasteiger partial charge in [-0.1, -0.05) is 0 Å². The van der Waals surface area contributed by atoms with E-state index in [4.69, 9.17) is 5.73 Å². The maximum absolute atomic E-state index is 5.57. The van der Waals surface area contributed by atoms with E-state index in [1.54, 1.807) is 11.7 Å². The quantitative estimate of drug-likeness (QED) is 0.732. The third-order valence-electron chi connectivity index (χ3n) is 1.84. The molecule has 0 spiro atoms. The molecule has 0 unspecified atom stereocenters. The Hall–Kier alpha value is -1.10. The van der Waals surface area contributed by atoms with Gasteiger partial charge in [0.2, 0.25) is 5.95 Å². The van der Waals surface area contributed by atoms with Crippen LogP contribution in [0.3, 0.4) is 0 Å². The van der Waals surface area contributed by atoms with Gasteiger partial charge in [0.1, 0.15) is 0 Å². The smallest absolute Gasteiger partial charge is 0.218 e. The molecule has 0 bridgehead atoms. The summed E-state index contributed by atoms with van der Waals surface area (Å²) in [6.07, 6.45) is 0.808. The van der Waals surface area contributed by atoms with Gasteiger partial charge in [-0.25, -0.2) is 4.68 Å². The largest absolute Gasteiger partial charge is 0.368 e. The highest BCUT2D eigenvalue weighted by atomic mass is 15.4. The number of hydrogen-bond acceptors (Lipinski definition) is 4. The maximum Gasteiger partial charge on any atom is 0.218 e. The average Bonchev–Trinajstić information content (AvgIpc) is 2.28. The summed E-state index contributed by atoms with van der Waals surface area (Å²) < 4.78 is 1.59. The summed E-state index contributed by atoms with van der Waals surface area (Å²) in [6.45, 7) is 7.26. The number of nitrogens with one attached hydrogen (secondary N) is 1. The van der Waals surface area contributed by atoms with Gasteiger partial charge in [0.05, 0.1) is 0 Å². The van der Waals surface area contributed by atoms with Crippen molar-refractivity contribution < 1.29 is 0 Å². The Morgan fingerprint density at radius 2 is 2.07 bits per heavy atom. The van der Waals surface area contributed by atoms with Crippen molar-refractivity contribution in [2.24, 2.45) is 7.05 Å². The Labute approximate surface area is 84.7 Å². The minimum Gasteiger partial charge on any atom is -0.368 e. The highest BCUT2D eigenvalue weighted by Gasteiger charge is 2.09. The molecule has 5 heteroatoms. The van der Waals surface area contributed by atoms with E-state index >= 15 is 0 Å². The molecular formula is C9H19N5. The molecule has 0 amide bonds. The Morgan fingerprint density at radius 1 is 1.43 bits per heavy atom. The minimum absolute atomic E-state index is 0.139. The van der Waals surface area contributed by atoms with Gasteiger partial charge in [-0.3, -0.25) is 0 Å². The zero-order chi connectivity index (χ0) is 10.8. The molecule has 0 aliphatic heterocycles. The van der Waals surface area contributed by atoms with E-state index in [9.17, 15) is 0 Å². The van der Waals surface area contributed by atoms with Gasteiger partial charge in [-0.2, -0.15) is 10.1 Å². The van der Waals surface area contributed by atoms with Crippen molar-refractivity contribution in [1.82, 2.24) is 20.1 Å². The van der Waals surface area contributed by atoms with E-state index in [0.717, 1.165) is 18.8 Å². The third kappa shape index (κ3) is 3.33. The zero-order valence-electron chi connectivity index (χ0n) is 9.33. The van der Waals surface area contributed by atoms with Crippen LogP contribution in [0.4, 0.5) is 5.95 Å². The molecule has 0 fully saturated rings. The van der Waals surface area contributed by atoms with Crippen molar-refractivity contribution >= 4 is 5.95 Å². The Balaban J connectivity index is 2.39. The van der Waals surface area contributed by atoms with Gasteiger partial charge in [-0.05, 0) is 20.8 Å². The van der Waals surface area contributed by atoms with E-state index in [1.807, 2.05) is 0 Å². The van der Waals surface area contributed by atoms with Gasteiger partial charge in [-0.15, -0.1) is 0 Å². The molecule has 0 radical (unpaired) electrons. The summed E-state index contributed by atoms with van der Waals surface area (Å²) in [5.41, 5.74) is 5.71. The van der Waals surface area contributed by atoms with E-state index in [1.165, 1.54) is 0 Å². The Morgan fingerprint density at radius 3 is 2.50 bits per heavy atom. The number of hydrogen-bond donors (Lipinski definition) is 2. The average molecular weight is 197 g/mol. The SMILES string of the molecule is Cn1nc(CCNC(C)(C)C)nc1N. The molecular weight excluding hydrogens is 178 g/mol. The third-order valence-corrected chi connectivity index (χ3v) is 1.84. The summed E-state index contributed by atoms with van der Waals surface area (Å²) in [7, 11) is 1.79. The minimum atomic E-state index is 0.139. The summed E-state index contributed by atoms with van der Waals surface area (Å²) in [6, 6.07) is 0. The van der Waals surface area contributed by atoms with Crippen LogP contribution in [-0.4, -0.2) is 26.8 Å². The van der Waals surface area contributed by atoms with Crippen LogP contribution < -0.4 is 11.1 Å². The predicted molar refractivity (Wildman–Crippen MR) is 56.9 cm³/mol. The molecule has 14 heavy (non-hydrogen) atoms. The molecule has 0 saturated carbocycles. The Bertz CT molecular complexity index is 277. The second-order valence-corrected chi connectivity index (χ2v) is 4.44. The maximum atomic E-state index is 5.57. The first-order valence-corrected chi connectivity index (χ1v) is 4.79. The monoisotopic (exact) mass is 197 g/mol. The predicted octanol–water partition coefficient (Wildman–Crippen LogP) is 0.328. The van der Waals surface area contributed by atoms with E-state index in [0.29, 0.717) is 5.95 Å². The van der Waals surface area contributed by atoms with Crippen LogP contribution in [0.25, 0.3) is 0 Å². The molecule has 1 heterocycles. The highest BCUT2D eigenvalue weighted by Crippen LogP contribution is 2.00. The standard InChI is InChI=1S/C9H19N5/c1-9(2,3)11-6-5-7-12-8(10)14(4)13-7/h11H,5-6H2,1-4H3,(H2,10,12,13). The number of aryl methyl sites for hydroxylation is 1. The number of nitrogens with two attached hydrogens (primary N) is 1. The lowest BCUT2D eigenvalue weighted by atomic mass is 10.1. The van der Waals surface area contributed by atoms with Gasteiger partial charge in [0.15, 0.2) is 5.82 Å². The molecule has 80 valence electrons. The van der Waals surface area contributed by atoms with Crippen molar-refractivity contribution in [1.29, 1.82) is 0 Å². The van der Waals surface area contributed by atoms with Gasteiger partial charge >= 0.3 is 0 Å². The first-order chi connectivity index (χ1) is 6.38. The van der Waals surface area contributed by atoms with E-state index < -0.39 is 0 Å². The molecule has 1 rings (SSSR count). The summed E-state index contributed by atoms with van der Waals surface area (Å²) >= 11 is 0. The Kier molecular flexibility index (Phi) is 3.10. The van der Waals surface area contributed by atoms with Gasteiger partial charge in [0.25, 0.3) is 0 Å². The highest BCUT2D eigenvalue weighted by molar-refractivity contribution is 5.15. The lowest BCUT2D eigenvalue weighted by molar-refractivity contribution is 0.427. The molecule has 0 atom stereocenters. The van der Waals surface area contributed by atoms with Crippen molar-refractivity contribution in [3.8, 4) is 0 Å². The van der Waals surface area contributed by atoms with Crippen molar-refractivity contribution in [2.45, 2.75) is 32.7 Å². The normalized spacial score (nSPS) is 12.0. The van der Waals surface area contributed by atoms with E-state index in [2.05, 4.69) is 36.2 Å². The lowest BCUT2D eigenvalue weighted by Crippen LogP contribution is -2.37. The molecule has 1 aromatic rings. The number of rotatable bonds is 3. The zero-order valence-corrected chi connectivity index (χ0v) is 9.33. The fourth-order valence-electron chi connectivity index (χ4n) is 1.11. The van der Waals surface area contributed by atoms with Crippen LogP contribution in [0, 0.1) is 0 Å². The number of anilines is 1. The first-order valence-electron chi connectivity index (χ1n) is 4.79. The number of nitrogens with zero attached hydrogens (tertiary/aromatic N) is 3. The molecule has 0 aromatic carbocycles. The molecule has 5 nitrogen and oxygen atoms in total. The molecule has 1 aromatic heterocycles. The summed E-state index contributed by atoms with van der Waals surface area (Å²) in [5, 5.41) is 7.54. The fraction of sp³-hybridized carbons (Fsp3) is 0.778. The topological polar surface area (TPSA) is 68.8 Å². The molecule has 0 aliphatic carbocycles. The van der Waals surface area contributed by atoms with Gasteiger partial charge < -0.3 is 11.1 Å². The van der Waals surface area contributed by atoms with Gasteiger partial charge in [0, 0.05) is 25.6 Å². The molecule has 3 N–H and O–H groups in total. The second-order valence-electron chi connectivity index (χ2n) is 4.44. The van der Waals surface area contributed by atoms with Crippen molar-refractivity contribution in [3.63, 3.8) is 0 Å². The van der Waals surface area contributed by atoms with E-state index in [-0.39, 0.29) is 5.54 Å². The van der Waals surface area contributed by atoms with Crippen molar-refractivity contribution in [3.05, 3.63) is 5.82 Å². The fourth-order valence-corrected chi connectivity index (χ4v) is 1.11. The summed E-state index contributed by atoms with van der Waals surface area (Å²) in [4.78, 5) is 4.12. The van der Waals surface area contributed by atoms with Crippen molar-refractivity contribution in [2.75, 3.05) is 12.3 Å². The van der Waals surface area contributed by atoms with Crippen LogP contribution >= 0.6 is 0 Å². The van der Waals surface area contributed by atoms with Crippen LogP contribution in [-0.2, 0) is 13.5 Å². The van der Waals surface area contributed by atoms with Crippen LogP contribution in [0.5, 0.6) is 0 Å². The summed E-state index contributed by atoms with van der Waals surface area (Å²) in [5.74, 6) is 1.26. The number of aromatic nitrogens is 3. The molecule has 0 saturated heterocycles. The first kappa shape index (κ1) is 11.0. The van der Waals surface area contributed by atoms with Crippen LogP contribution in [0.15, 0.2) is 0 Å². The molecule has 0 aliphatic rings. The van der Waals surface area contributed by atoms with Crippen LogP contribution in [0.1, 0.15) is 26.6 Å². The second kappa shape index (κ2) is 3.96. The lowest BCUT2D eigenvalue weighted by Gasteiger charge is -2.19. The van der Waals surface area contributed by atoms with Crippen LogP contribution in [0.2, 0.25) is 0 Å². The number of nitrogen functional groups attached to an aromatic ring is 1.